The van der Waals surface area contributed by atoms with Crippen LogP contribution >= 0.6 is 0 Å². The van der Waals surface area contributed by atoms with Crippen LogP contribution in [0, 0.1) is 5.41 Å². The summed E-state index contributed by atoms with van der Waals surface area (Å²) in [6.45, 7) is 9.63. The molecule has 0 radical (unpaired) electrons. The van der Waals surface area contributed by atoms with Crippen LogP contribution in [-0.2, 0) is 0 Å². The van der Waals surface area contributed by atoms with E-state index in [1.165, 1.54) is 0 Å². The molecule has 0 aliphatic carbocycles. The molecule has 0 atom stereocenters. The molecular formula is C11H22N6O. The monoisotopic (exact) mass is 254 g/mol. The number of nitrogens with two attached hydrogens (primary N) is 1. The van der Waals surface area contributed by atoms with Gasteiger partial charge in [0, 0.05) is 13.6 Å². The Hall–Kier alpha value is -1.63. The Morgan fingerprint density at radius 1 is 1.28 bits per heavy atom. The molecule has 1 heterocycles. The molecule has 0 saturated carbocycles. The molecule has 0 bridgehead atoms. The van der Waals surface area contributed by atoms with Crippen LogP contribution in [0.15, 0.2) is 0 Å². The zero-order valence-corrected chi connectivity index (χ0v) is 11.7. The van der Waals surface area contributed by atoms with E-state index in [1.807, 2.05) is 18.9 Å². The van der Waals surface area contributed by atoms with E-state index in [0.29, 0.717) is 18.5 Å². The van der Waals surface area contributed by atoms with Crippen molar-refractivity contribution >= 4 is 11.9 Å². The van der Waals surface area contributed by atoms with Crippen LogP contribution in [0.25, 0.3) is 0 Å². The quantitative estimate of drug-likeness (QED) is 0.599. The number of nitrogen functional groups attached to an aromatic ring is 1. The lowest BCUT2D eigenvalue weighted by atomic mass is 9.96. The number of hydrogen-bond donors (Lipinski definition) is 2. The third kappa shape index (κ3) is 4.33. The Kier molecular flexibility index (Phi) is 4.66. The maximum Gasteiger partial charge on any atom is 0.323 e. The van der Waals surface area contributed by atoms with E-state index in [1.54, 1.807) is 0 Å². The van der Waals surface area contributed by atoms with Gasteiger partial charge >= 0.3 is 6.01 Å². The Balaban J connectivity index is 2.96. The van der Waals surface area contributed by atoms with E-state index in [4.69, 9.17) is 10.6 Å². The fraction of sp³-hybridized carbons (Fsp3) is 0.727. The van der Waals surface area contributed by atoms with Gasteiger partial charge in [-0.15, -0.1) is 0 Å². The predicted octanol–water partition coefficient (Wildman–Crippen LogP) is 1.04. The molecule has 0 aromatic carbocycles. The van der Waals surface area contributed by atoms with Gasteiger partial charge in [0.25, 0.3) is 0 Å². The minimum absolute atomic E-state index is 0.142. The fourth-order valence-electron chi connectivity index (χ4n) is 1.56. The van der Waals surface area contributed by atoms with Gasteiger partial charge in [-0.1, -0.05) is 20.8 Å². The van der Waals surface area contributed by atoms with Crippen LogP contribution in [0.1, 0.15) is 27.7 Å². The molecule has 3 N–H and O–H groups in total. The molecule has 0 aliphatic heterocycles. The van der Waals surface area contributed by atoms with Crippen molar-refractivity contribution in [1.82, 2.24) is 15.0 Å². The highest BCUT2D eigenvalue weighted by Gasteiger charge is 2.17. The van der Waals surface area contributed by atoms with Crippen LogP contribution < -0.4 is 20.9 Å². The zero-order valence-electron chi connectivity index (χ0n) is 11.7. The Morgan fingerprint density at radius 2 is 1.94 bits per heavy atom. The standard InChI is InChI=1S/C11H22N6O/c1-6-18-10-14-8(16-12)13-9(15-10)17(5)7-11(2,3)4/h6-7,12H2,1-5H3,(H,13,14,15,16). The number of aromatic nitrogens is 3. The third-order valence-corrected chi connectivity index (χ3v) is 2.06. The van der Waals surface area contributed by atoms with Crippen LogP contribution in [0.4, 0.5) is 11.9 Å². The second kappa shape index (κ2) is 5.81. The van der Waals surface area contributed by atoms with Gasteiger partial charge in [0.2, 0.25) is 11.9 Å². The molecule has 1 rings (SSSR count). The van der Waals surface area contributed by atoms with Gasteiger partial charge < -0.3 is 9.64 Å². The van der Waals surface area contributed by atoms with Crippen molar-refractivity contribution in [1.29, 1.82) is 0 Å². The van der Waals surface area contributed by atoms with Gasteiger partial charge in [0.05, 0.1) is 6.61 Å². The minimum Gasteiger partial charge on any atom is -0.464 e. The van der Waals surface area contributed by atoms with Gasteiger partial charge in [-0.05, 0) is 12.3 Å². The van der Waals surface area contributed by atoms with E-state index in [0.717, 1.165) is 6.54 Å². The largest absolute Gasteiger partial charge is 0.464 e. The van der Waals surface area contributed by atoms with Crippen LogP contribution in [0.5, 0.6) is 6.01 Å². The van der Waals surface area contributed by atoms with E-state index >= 15 is 0 Å². The number of hydrazine groups is 1. The maximum absolute atomic E-state index is 5.33. The smallest absolute Gasteiger partial charge is 0.323 e. The van der Waals surface area contributed by atoms with E-state index in [-0.39, 0.29) is 11.4 Å². The lowest BCUT2D eigenvalue weighted by molar-refractivity contribution is 0.311. The summed E-state index contributed by atoms with van der Waals surface area (Å²) in [7, 11) is 1.93. The van der Waals surface area contributed by atoms with Crippen molar-refractivity contribution in [2.75, 3.05) is 30.5 Å². The third-order valence-electron chi connectivity index (χ3n) is 2.06. The number of hydrogen-bond acceptors (Lipinski definition) is 7. The van der Waals surface area contributed by atoms with Crippen molar-refractivity contribution in [3.05, 3.63) is 0 Å². The van der Waals surface area contributed by atoms with Crippen molar-refractivity contribution in [2.24, 2.45) is 11.3 Å². The predicted molar refractivity (Wildman–Crippen MR) is 71.5 cm³/mol. The zero-order chi connectivity index (χ0) is 13.8. The fourth-order valence-corrected chi connectivity index (χ4v) is 1.56. The number of nitrogens with one attached hydrogen (secondary N) is 1. The Morgan fingerprint density at radius 3 is 2.44 bits per heavy atom. The molecule has 1 aromatic heterocycles. The molecule has 0 unspecified atom stereocenters. The number of ether oxygens (including phenoxy) is 1. The highest BCUT2D eigenvalue weighted by Crippen LogP contribution is 2.19. The van der Waals surface area contributed by atoms with Crippen molar-refractivity contribution in [3.63, 3.8) is 0 Å². The summed E-state index contributed by atoms with van der Waals surface area (Å²) in [5.74, 6) is 6.17. The molecular weight excluding hydrogens is 232 g/mol. The SMILES string of the molecule is CCOc1nc(NN)nc(N(C)CC(C)(C)C)n1. The van der Waals surface area contributed by atoms with Gasteiger partial charge in [-0.2, -0.15) is 15.0 Å². The molecule has 0 saturated heterocycles. The molecule has 7 nitrogen and oxygen atoms in total. The normalized spacial score (nSPS) is 11.2. The molecule has 18 heavy (non-hydrogen) atoms. The summed E-state index contributed by atoms with van der Waals surface area (Å²) in [6.07, 6.45) is 0. The van der Waals surface area contributed by atoms with E-state index in [2.05, 4.69) is 41.1 Å². The van der Waals surface area contributed by atoms with Crippen LogP contribution in [0.3, 0.4) is 0 Å². The van der Waals surface area contributed by atoms with Gasteiger partial charge in [-0.25, -0.2) is 5.84 Å². The summed E-state index contributed by atoms with van der Waals surface area (Å²) < 4.78 is 5.28. The topological polar surface area (TPSA) is 89.2 Å². The summed E-state index contributed by atoms with van der Waals surface area (Å²) in [5, 5.41) is 0. The highest BCUT2D eigenvalue weighted by molar-refractivity contribution is 5.37. The van der Waals surface area contributed by atoms with E-state index < -0.39 is 0 Å². The summed E-state index contributed by atoms with van der Waals surface area (Å²) in [5.41, 5.74) is 2.56. The Bertz CT molecular complexity index is 390. The summed E-state index contributed by atoms with van der Waals surface area (Å²) in [4.78, 5) is 14.4. The van der Waals surface area contributed by atoms with Crippen LogP contribution in [-0.4, -0.2) is 35.2 Å². The minimum atomic E-state index is 0.142. The first kappa shape index (κ1) is 14.4. The lowest BCUT2D eigenvalue weighted by Gasteiger charge is -2.26. The van der Waals surface area contributed by atoms with Crippen molar-refractivity contribution in [2.45, 2.75) is 27.7 Å². The molecule has 0 aliphatic rings. The molecule has 0 spiro atoms. The molecule has 0 amide bonds. The average molecular weight is 254 g/mol. The first-order valence-corrected chi connectivity index (χ1v) is 5.92. The second-order valence-electron chi connectivity index (χ2n) is 5.24. The molecule has 1 aromatic rings. The van der Waals surface area contributed by atoms with Crippen LogP contribution in [0.2, 0.25) is 0 Å². The Labute approximate surface area is 108 Å². The first-order chi connectivity index (χ1) is 8.35. The lowest BCUT2D eigenvalue weighted by Crippen LogP contribution is -2.31. The van der Waals surface area contributed by atoms with E-state index in [9.17, 15) is 0 Å². The maximum atomic E-state index is 5.33. The van der Waals surface area contributed by atoms with Gasteiger partial charge in [-0.3, -0.25) is 5.43 Å². The second-order valence-corrected chi connectivity index (χ2v) is 5.24. The molecule has 102 valence electrons. The summed E-state index contributed by atoms with van der Waals surface area (Å²) >= 11 is 0. The number of anilines is 2. The first-order valence-electron chi connectivity index (χ1n) is 5.92. The highest BCUT2D eigenvalue weighted by atomic mass is 16.5. The van der Waals surface area contributed by atoms with Gasteiger partial charge in [0.15, 0.2) is 0 Å². The van der Waals surface area contributed by atoms with Crippen molar-refractivity contribution in [3.8, 4) is 6.01 Å². The average Bonchev–Trinajstić information content (AvgIpc) is 2.26. The number of rotatable bonds is 5. The molecule has 0 fully saturated rings. The summed E-state index contributed by atoms with van der Waals surface area (Å²) in [6, 6.07) is 0.274. The van der Waals surface area contributed by atoms with Gasteiger partial charge in [0.1, 0.15) is 0 Å². The van der Waals surface area contributed by atoms with Crippen molar-refractivity contribution < 1.29 is 4.74 Å². The molecule has 7 heteroatoms. The number of nitrogens with zero attached hydrogens (tertiary/aromatic N) is 4.